The van der Waals surface area contributed by atoms with Crippen LogP contribution in [-0.2, 0) is 6.54 Å². The lowest BCUT2D eigenvalue weighted by atomic mass is 10.1. The Morgan fingerprint density at radius 3 is 2.27 bits per heavy atom. The van der Waals surface area contributed by atoms with Gasteiger partial charge in [-0.1, -0.05) is 61.1 Å². The molecule has 1 fully saturated rings. The fourth-order valence-corrected chi connectivity index (χ4v) is 3.12. The second-order valence-electron chi connectivity index (χ2n) is 5.85. The van der Waals surface area contributed by atoms with E-state index in [1.165, 1.54) is 37.9 Å². The number of thiocarbonyl (C=S) groups is 1. The van der Waals surface area contributed by atoms with Gasteiger partial charge in [0.05, 0.1) is 0 Å². The van der Waals surface area contributed by atoms with E-state index in [2.05, 4.69) is 34.5 Å². The third kappa shape index (κ3) is 4.15. The lowest BCUT2D eigenvalue weighted by molar-refractivity contribution is 0.221. The Bertz CT molecular complexity index is 601. The van der Waals surface area contributed by atoms with Crippen molar-refractivity contribution in [1.82, 2.24) is 4.90 Å². The van der Waals surface area contributed by atoms with Crippen molar-refractivity contribution in [2.24, 2.45) is 0 Å². The Balaban J connectivity index is 1.58. The lowest BCUT2D eigenvalue weighted by Gasteiger charge is -2.26. The predicted molar refractivity (Wildman–Crippen MR) is 97.3 cm³/mol. The van der Waals surface area contributed by atoms with Crippen LogP contribution < -0.4 is 5.32 Å². The van der Waals surface area contributed by atoms with Gasteiger partial charge < -0.3 is 5.32 Å². The minimum absolute atomic E-state index is 0.768. The molecule has 2 nitrogen and oxygen atoms in total. The zero-order valence-electron chi connectivity index (χ0n) is 12.8. The van der Waals surface area contributed by atoms with E-state index in [0.29, 0.717) is 0 Å². The van der Waals surface area contributed by atoms with Crippen molar-refractivity contribution < 1.29 is 0 Å². The van der Waals surface area contributed by atoms with Gasteiger partial charge in [-0.05, 0) is 43.6 Å². The van der Waals surface area contributed by atoms with Crippen LogP contribution in [0.3, 0.4) is 0 Å². The Morgan fingerprint density at radius 2 is 1.59 bits per heavy atom. The average molecular weight is 310 g/mol. The van der Waals surface area contributed by atoms with Crippen LogP contribution in [0, 0.1) is 0 Å². The summed E-state index contributed by atoms with van der Waals surface area (Å²) in [5, 5.41) is 3.31. The molecule has 0 saturated carbocycles. The van der Waals surface area contributed by atoms with E-state index in [4.69, 9.17) is 12.2 Å². The van der Waals surface area contributed by atoms with Gasteiger partial charge in [0.15, 0.2) is 0 Å². The number of rotatable bonds is 4. The van der Waals surface area contributed by atoms with E-state index in [0.717, 1.165) is 22.8 Å². The number of piperidine rings is 1. The standard InChI is InChI=1S/C19H22N2S/c22-19(17-7-3-1-4-8-17)20-18-11-9-16(10-12-18)15-21-13-5-2-6-14-21/h1,3-4,7-12H,2,5-6,13-15H2,(H,20,22). The summed E-state index contributed by atoms with van der Waals surface area (Å²) in [6.45, 7) is 3.53. The topological polar surface area (TPSA) is 15.3 Å². The molecule has 0 aromatic heterocycles. The van der Waals surface area contributed by atoms with Crippen LogP contribution in [0.2, 0.25) is 0 Å². The predicted octanol–water partition coefficient (Wildman–Crippen LogP) is 4.46. The number of nitrogens with one attached hydrogen (secondary N) is 1. The van der Waals surface area contributed by atoms with Crippen LogP contribution in [0.15, 0.2) is 54.6 Å². The van der Waals surface area contributed by atoms with Crippen molar-refractivity contribution in [3.05, 3.63) is 65.7 Å². The molecule has 1 saturated heterocycles. The molecular formula is C19H22N2S. The molecule has 114 valence electrons. The normalized spacial score (nSPS) is 15.5. The van der Waals surface area contributed by atoms with Crippen molar-refractivity contribution in [1.29, 1.82) is 0 Å². The lowest BCUT2D eigenvalue weighted by Crippen LogP contribution is -2.29. The van der Waals surface area contributed by atoms with Gasteiger partial charge in [0, 0.05) is 17.8 Å². The van der Waals surface area contributed by atoms with Gasteiger partial charge in [-0.3, -0.25) is 4.90 Å². The van der Waals surface area contributed by atoms with Crippen molar-refractivity contribution >= 4 is 22.9 Å². The summed E-state index contributed by atoms with van der Waals surface area (Å²) in [4.78, 5) is 3.31. The molecule has 0 radical (unpaired) electrons. The minimum atomic E-state index is 0.768. The highest BCUT2D eigenvalue weighted by molar-refractivity contribution is 7.81. The monoisotopic (exact) mass is 310 g/mol. The maximum Gasteiger partial charge on any atom is 0.110 e. The highest BCUT2D eigenvalue weighted by atomic mass is 32.1. The number of nitrogens with zero attached hydrogens (tertiary/aromatic N) is 1. The first-order chi connectivity index (χ1) is 10.8. The summed E-state index contributed by atoms with van der Waals surface area (Å²) in [6.07, 6.45) is 4.06. The molecule has 1 heterocycles. The van der Waals surface area contributed by atoms with Gasteiger partial charge >= 0.3 is 0 Å². The molecule has 1 aliphatic rings. The smallest absolute Gasteiger partial charge is 0.110 e. The number of anilines is 1. The molecule has 1 N–H and O–H groups in total. The molecule has 0 bridgehead atoms. The zero-order valence-corrected chi connectivity index (χ0v) is 13.6. The van der Waals surface area contributed by atoms with E-state index >= 15 is 0 Å². The Labute approximate surface area is 138 Å². The highest BCUT2D eigenvalue weighted by Crippen LogP contribution is 2.16. The maximum absolute atomic E-state index is 5.45. The zero-order chi connectivity index (χ0) is 15.2. The molecular weight excluding hydrogens is 288 g/mol. The molecule has 0 unspecified atom stereocenters. The van der Waals surface area contributed by atoms with Crippen LogP contribution in [0.5, 0.6) is 0 Å². The van der Waals surface area contributed by atoms with E-state index in [9.17, 15) is 0 Å². The number of likely N-dealkylation sites (tertiary alicyclic amines) is 1. The van der Waals surface area contributed by atoms with Gasteiger partial charge in [0.1, 0.15) is 4.99 Å². The van der Waals surface area contributed by atoms with Crippen LogP contribution in [0.1, 0.15) is 30.4 Å². The van der Waals surface area contributed by atoms with Crippen LogP contribution >= 0.6 is 12.2 Å². The number of hydrogen-bond acceptors (Lipinski definition) is 2. The molecule has 0 spiro atoms. The summed E-state index contributed by atoms with van der Waals surface area (Å²) in [6, 6.07) is 18.7. The molecule has 0 aliphatic carbocycles. The Hall–Kier alpha value is -1.71. The van der Waals surface area contributed by atoms with E-state index < -0.39 is 0 Å². The van der Waals surface area contributed by atoms with Gasteiger partial charge in [0.25, 0.3) is 0 Å². The molecule has 2 aromatic rings. The summed E-state index contributed by atoms with van der Waals surface area (Å²) >= 11 is 5.45. The first-order valence-electron chi connectivity index (χ1n) is 7.99. The second-order valence-corrected chi connectivity index (χ2v) is 6.26. The molecule has 3 rings (SSSR count). The van der Waals surface area contributed by atoms with Crippen LogP contribution in [-0.4, -0.2) is 23.0 Å². The maximum atomic E-state index is 5.45. The largest absolute Gasteiger partial charge is 0.346 e. The van der Waals surface area contributed by atoms with Crippen molar-refractivity contribution in [3.8, 4) is 0 Å². The molecule has 2 aromatic carbocycles. The Morgan fingerprint density at radius 1 is 0.909 bits per heavy atom. The van der Waals surface area contributed by atoms with Gasteiger partial charge in [-0.15, -0.1) is 0 Å². The molecule has 1 aliphatic heterocycles. The quantitative estimate of drug-likeness (QED) is 0.839. The fourth-order valence-electron chi connectivity index (χ4n) is 2.86. The number of benzene rings is 2. The van der Waals surface area contributed by atoms with Crippen molar-refractivity contribution in [3.63, 3.8) is 0 Å². The SMILES string of the molecule is S=C(Nc1ccc(CN2CCCCC2)cc1)c1ccccc1. The van der Waals surface area contributed by atoms with Crippen LogP contribution in [0.25, 0.3) is 0 Å². The second kappa shape index (κ2) is 7.52. The van der Waals surface area contributed by atoms with Gasteiger partial charge in [0.2, 0.25) is 0 Å². The summed E-state index contributed by atoms with van der Waals surface area (Å²) in [5.41, 5.74) is 3.48. The fraction of sp³-hybridized carbons (Fsp3) is 0.316. The summed E-state index contributed by atoms with van der Waals surface area (Å²) < 4.78 is 0. The third-order valence-corrected chi connectivity index (χ3v) is 4.44. The minimum Gasteiger partial charge on any atom is -0.346 e. The number of hydrogen-bond donors (Lipinski definition) is 1. The van der Waals surface area contributed by atoms with E-state index in [1.54, 1.807) is 0 Å². The summed E-state index contributed by atoms with van der Waals surface area (Å²) in [5.74, 6) is 0. The molecule has 3 heteroatoms. The average Bonchev–Trinajstić information content (AvgIpc) is 2.58. The molecule has 0 atom stereocenters. The van der Waals surface area contributed by atoms with Crippen molar-refractivity contribution in [2.75, 3.05) is 18.4 Å². The molecule has 0 amide bonds. The van der Waals surface area contributed by atoms with E-state index in [1.807, 2.05) is 30.3 Å². The Kier molecular flexibility index (Phi) is 5.20. The third-order valence-electron chi connectivity index (χ3n) is 4.10. The van der Waals surface area contributed by atoms with E-state index in [-0.39, 0.29) is 0 Å². The highest BCUT2D eigenvalue weighted by Gasteiger charge is 2.10. The summed E-state index contributed by atoms with van der Waals surface area (Å²) in [7, 11) is 0. The van der Waals surface area contributed by atoms with Crippen molar-refractivity contribution in [2.45, 2.75) is 25.8 Å². The van der Waals surface area contributed by atoms with Gasteiger partial charge in [-0.2, -0.15) is 0 Å². The first-order valence-corrected chi connectivity index (χ1v) is 8.40. The molecule has 22 heavy (non-hydrogen) atoms. The van der Waals surface area contributed by atoms with Gasteiger partial charge in [-0.25, -0.2) is 0 Å². The first kappa shape index (κ1) is 15.2. The van der Waals surface area contributed by atoms with Crippen LogP contribution in [0.4, 0.5) is 5.69 Å².